The van der Waals surface area contributed by atoms with Crippen molar-refractivity contribution in [3.8, 4) is 22.5 Å². The van der Waals surface area contributed by atoms with Crippen molar-refractivity contribution < 1.29 is 4.42 Å². The van der Waals surface area contributed by atoms with Gasteiger partial charge in [-0.25, -0.2) is 0 Å². The van der Waals surface area contributed by atoms with E-state index in [0.29, 0.717) is 0 Å². The van der Waals surface area contributed by atoms with Crippen molar-refractivity contribution in [3.63, 3.8) is 0 Å². The van der Waals surface area contributed by atoms with Crippen LogP contribution in [0.2, 0.25) is 0 Å². The molecule has 0 atom stereocenters. The molecule has 0 aliphatic carbocycles. The van der Waals surface area contributed by atoms with Gasteiger partial charge in [-0.1, -0.05) is 12.1 Å². The number of aromatic nitrogens is 2. The molecule has 0 aromatic carbocycles. The molecule has 3 heteroatoms. The van der Waals surface area contributed by atoms with Crippen LogP contribution in [0.15, 0.2) is 65.7 Å². The van der Waals surface area contributed by atoms with E-state index in [9.17, 15) is 0 Å². The van der Waals surface area contributed by atoms with Gasteiger partial charge in [-0.3, -0.25) is 9.97 Å². The van der Waals surface area contributed by atoms with E-state index < -0.39 is 0 Å². The van der Waals surface area contributed by atoms with Crippen LogP contribution in [-0.2, 0) is 0 Å². The first kappa shape index (κ1) is 9.78. The van der Waals surface area contributed by atoms with Gasteiger partial charge in [0.2, 0.25) is 0 Å². The predicted molar refractivity (Wildman–Crippen MR) is 65.2 cm³/mol. The third kappa shape index (κ3) is 1.95. The van der Waals surface area contributed by atoms with Gasteiger partial charge in [-0.15, -0.1) is 0 Å². The quantitative estimate of drug-likeness (QED) is 0.667. The molecule has 0 unspecified atom stereocenters. The zero-order valence-electron chi connectivity index (χ0n) is 9.08. The van der Waals surface area contributed by atoms with Crippen LogP contribution in [0.25, 0.3) is 22.5 Å². The van der Waals surface area contributed by atoms with Crippen LogP contribution in [0.3, 0.4) is 0 Å². The Labute approximate surface area is 98.8 Å². The Morgan fingerprint density at radius 1 is 0.824 bits per heavy atom. The summed E-state index contributed by atoms with van der Waals surface area (Å²) in [4.78, 5) is 8.66. The maximum Gasteiger partial charge on any atom is 0.0981 e. The largest absolute Gasteiger partial charge is 0.472 e. The highest BCUT2D eigenvalue weighted by atomic mass is 16.3. The van der Waals surface area contributed by atoms with Crippen LogP contribution in [0.4, 0.5) is 0 Å². The number of hydrogen-bond acceptors (Lipinski definition) is 3. The van der Waals surface area contributed by atoms with Crippen LogP contribution in [0, 0.1) is 0 Å². The van der Waals surface area contributed by atoms with Gasteiger partial charge in [0.25, 0.3) is 0 Å². The summed E-state index contributed by atoms with van der Waals surface area (Å²) in [5, 5.41) is 0. The van der Waals surface area contributed by atoms with Crippen LogP contribution < -0.4 is 0 Å². The Hall–Kier alpha value is -2.42. The smallest absolute Gasteiger partial charge is 0.0981 e. The average Bonchev–Trinajstić information content (AvgIpc) is 2.94. The molecular weight excluding hydrogens is 212 g/mol. The summed E-state index contributed by atoms with van der Waals surface area (Å²) in [5.41, 5.74) is 3.83. The molecule has 0 amide bonds. The monoisotopic (exact) mass is 222 g/mol. The molecular formula is C14H10N2O. The minimum Gasteiger partial charge on any atom is -0.472 e. The summed E-state index contributed by atoms with van der Waals surface area (Å²) < 4.78 is 5.04. The molecule has 0 aliphatic heterocycles. The zero-order chi connectivity index (χ0) is 11.5. The van der Waals surface area contributed by atoms with Crippen LogP contribution >= 0.6 is 0 Å². The van der Waals surface area contributed by atoms with E-state index in [4.69, 9.17) is 4.42 Å². The average molecular weight is 222 g/mol. The van der Waals surface area contributed by atoms with Crippen molar-refractivity contribution in [1.29, 1.82) is 0 Å². The van der Waals surface area contributed by atoms with Crippen molar-refractivity contribution in [1.82, 2.24) is 9.97 Å². The lowest BCUT2D eigenvalue weighted by Crippen LogP contribution is -1.86. The SMILES string of the molecule is c1ccc(-c2ccc(-c3ccoc3)cn2)nc1. The summed E-state index contributed by atoms with van der Waals surface area (Å²) >= 11 is 0. The van der Waals surface area contributed by atoms with Crippen molar-refractivity contribution >= 4 is 0 Å². The van der Waals surface area contributed by atoms with E-state index in [2.05, 4.69) is 9.97 Å². The third-order valence-corrected chi connectivity index (χ3v) is 2.55. The molecule has 0 fully saturated rings. The third-order valence-electron chi connectivity index (χ3n) is 2.55. The van der Waals surface area contributed by atoms with E-state index in [1.807, 2.05) is 42.6 Å². The fraction of sp³-hybridized carbons (Fsp3) is 0. The molecule has 0 spiro atoms. The molecule has 0 radical (unpaired) electrons. The van der Waals surface area contributed by atoms with E-state index in [-0.39, 0.29) is 0 Å². The fourth-order valence-corrected chi connectivity index (χ4v) is 1.66. The van der Waals surface area contributed by atoms with Gasteiger partial charge in [0, 0.05) is 23.5 Å². The van der Waals surface area contributed by atoms with Gasteiger partial charge in [0.15, 0.2) is 0 Å². The Bertz CT molecular complexity index is 586. The maximum absolute atomic E-state index is 5.04. The van der Waals surface area contributed by atoms with Gasteiger partial charge in [0.05, 0.1) is 23.9 Å². The Morgan fingerprint density at radius 3 is 2.41 bits per heavy atom. The van der Waals surface area contributed by atoms with E-state index in [0.717, 1.165) is 22.5 Å². The number of rotatable bonds is 2. The molecule has 3 rings (SSSR count). The first-order chi connectivity index (χ1) is 8.43. The Kier molecular flexibility index (Phi) is 2.43. The predicted octanol–water partition coefficient (Wildman–Crippen LogP) is 3.40. The van der Waals surface area contributed by atoms with Gasteiger partial charge in [0.1, 0.15) is 0 Å². The van der Waals surface area contributed by atoms with Crippen LogP contribution in [-0.4, -0.2) is 9.97 Å². The Morgan fingerprint density at radius 2 is 1.76 bits per heavy atom. The molecule has 0 N–H and O–H groups in total. The standard InChI is InChI=1S/C14H10N2O/c1-2-7-15-13(3-1)14-5-4-11(9-16-14)12-6-8-17-10-12/h1-10H. The van der Waals surface area contributed by atoms with E-state index >= 15 is 0 Å². The molecule has 17 heavy (non-hydrogen) atoms. The molecule has 0 saturated heterocycles. The summed E-state index contributed by atoms with van der Waals surface area (Å²) in [5.74, 6) is 0. The first-order valence-electron chi connectivity index (χ1n) is 5.33. The van der Waals surface area contributed by atoms with Crippen molar-refractivity contribution in [2.45, 2.75) is 0 Å². The lowest BCUT2D eigenvalue weighted by atomic mass is 10.1. The normalized spacial score (nSPS) is 10.4. The Balaban J connectivity index is 1.96. The summed E-state index contributed by atoms with van der Waals surface area (Å²) in [7, 11) is 0. The highest BCUT2D eigenvalue weighted by Gasteiger charge is 2.02. The maximum atomic E-state index is 5.04. The second kappa shape index (κ2) is 4.22. The van der Waals surface area contributed by atoms with Gasteiger partial charge in [-0.2, -0.15) is 0 Å². The molecule has 82 valence electrons. The molecule has 0 bridgehead atoms. The topological polar surface area (TPSA) is 38.9 Å². The van der Waals surface area contributed by atoms with Gasteiger partial charge < -0.3 is 4.42 Å². The lowest BCUT2D eigenvalue weighted by Gasteiger charge is -2.00. The highest BCUT2D eigenvalue weighted by molar-refractivity contribution is 5.64. The van der Waals surface area contributed by atoms with Crippen molar-refractivity contribution in [2.75, 3.05) is 0 Å². The van der Waals surface area contributed by atoms with Crippen molar-refractivity contribution in [3.05, 3.63) is 61.3 Å². The molecule has 3 nitrogen and oxygen atoms in total. The minimum absolute atomic E-state index is 0.873. The minimum atomic E-state index is 0.873. The number of furan rings is 1. The summed E-state index contributed by atoms with van der Waals surface area (Å²) in [6.07, 6.45) is 6.95. The van der Waals surface area contributed by atoms with Gasteiger partial charge >= 0.3 is 0 Å². The zero-order valence-corrected chi connectivity index (χ0v) is 9.08. The summed E-state index contributed by atoms with van der Waals surface area (Å²) in [6, 6.07) is 11.7. The van der Waals surface area contributed by atoms with Crippen LogP contribution in [0.1, 0.15) is 0 Å². The number of hydrogen-bond donors (Lipinski definition) is 0. The summed E-state index contributed by atoms with van der Waals surface area (Å²) in [6.45, 7) is 0. The molecule has 0 aliphatic rings. The molecule has 0 saturated carbocycles. The fourth-order valence-electron chi connectivity index (χ4n) is 1.66. The first-order valence-corrected chi connectivity index (χ1v) is 5.33. The van der Waals surface area contributed by atoms with E-state index in [1.165, 1.54) is 0 Å². The molecule has 3 heterocycles. The second-order valence-corrected chi connectivity index (χ2v) is 3.66. The number of pyridine rings is 2. The molecule has 3 aromatic heterocycles. The van der Waals surface area contributed by atoms with Gasteiger partial charge in [-0.05, 0) is 24.3 Å². The van der Waals surface area contributed by atoms with E-state index in [1.54, 1.807) is 18.7 Å². The highest BCUT2D eigenvalue weighted by Crippen LogP contribution is 2.21. The number of nitrogens with zero attached hydrogens (tertiary/aromatic N) is 2. The van der Waals surface area contributed by atoms with Crippen molar-refractivity contribution in [2.24, 2.45) is 0 Å². The molecule has 3 aromatic rings. The lowest BCUT2D eigenvalue weighted by molar-refractivity contribution is 0.568. The van der Waals surface area contributed by atoms with Crippen LogP contribution in [0.5, 0.6) is 0 Å². The second-order valence-electron chi connectivity index (χ2n) is 3.66.